The van der Waals surface area contributed by atoms with Crippen LogP contribution in [0.25, 0.3) is 0 Å². The summed E-state index contributed by atoms with van der Waals surface area (Å²) >= 11 is 0. The second-order valence-corrected chi connectivity index (χ2v) is 4.14. The van der Waals surface area contributed by atoms with Crippen LogP contribution in [-0.4, -0.2) is 17.4 Å². The molecule has 1 atom stereocenters. The Kier molecular flexibility index (Phi) is 4.20. The summed E-state index contributed by atoms with van der Waals surface area (Å²) in [5.74, 6) is 0.478. The van der Waals surface area contributed by atoms with Crippen LogP contribution in [0.15, 0.2) is 0 Å². The van der Waals surface area contributed by atoms with E-state index < -0.39 is 5.72 Å². The standard InChI is InChI=1S/C11H23NO/c1-3-11(13,12-4-2)10-8-6-5-7-9-10/h10,12-13H,3-9H2,1-2H3. The van der Waals surface area contributed by atoms with E-state index in [1.54, 1.807) is 0 Å². The molecule has 1 aliphatic rings. The molecule has 0 aliphatic heterocycles. The van der Waals surface area contributed by atoms with Gasteiger partial charge in [-0.25, -0.2) is 0 Å². The Labute approximate surface area is 81.7 Å². The first kappa shape index (κ1) is 11.0. The lowest BCUT2D eigenvalue weighted by Crippen LogP contribution is -2.51. The Hall–Kier alpha value is -0.0800. The fraction of sp³-hybridized carbons (Fsp3) is 1.00. The van der Waals surface area contributed by atoms with Gasteiger partial charge in [-0.2, -0.15) is 0 Å². The summed E-state index contributed by atoms with van der Waals surface area (Å²) in [6.45, 7) is 4.99. The minimum atomic E-state index is -0.588. The summed E-state index contributed by atoms with van der Waals surface area (Å²) < 4.78 is 0. The van der Waals surface area contributed by atoms with Gasteiger partial charge in [0.2, 0.25) is 0 Å². The van der Waals surface area contributed by atoms with Crippen LogP contribution in [0, 0.1) is 5.92 Å². The van der Waals surface area contributed by atoms with Crippen LogP contribution < -0.4 is 5.32 Å². The second kappa shape index (κ2) is 4.97. The van der Waals surface area contributed by atoms with Crippen LogP contribution in [0.1, 0.15) is 52.4 Å². The molecule has 1 fully saturated rings. The lowest BCUT2D eigenvalue weighted by molar-refractivity contribution is -0.0640. The normalized spacial score (nSPS) is 24.2. The molecule has 2 heteroatoms. The third-order valence-electron chi connectivity index (χ3n) is 3.30. The van der Waals surface area contributed by atoms with Crippen LogP contribution in [0.2, 0.25) is 0 Å². The van der Waals surface area contributed by atoms with Crippen LogP contribution >= 0.6 is 0 Å². The highest BCUT2D eigenvalue weighted by Gasteiger charge is 2.34. The van der Waals surface area contributed by atoms with Crippen molar-refractivity contribution in [1.29, 1.82) is 0 Å². The molecule has 0 aromatic rings. The summed E-state index contributed by atoms with van der Waals surface area (Å²) in [6.07, 6.45) is 7.14. The van der Waals surface area contributed by atoms with Crippen molar-refractivity contribution in [3.05, 3.63) is 0 Å². The fourth-order valence-electron chi connectivity index (χ4n) is 2.44. The highest BCUT2D eigenvalue weighted by molar-refractivity contribution is 4.84. The zero-order valence-corrected chi connectivity index (χ0v) is 8.97. The lowest BCUT2D eigenvalue weighted by atomic mass is 9.80. The molecular formula is C11H23NO. The third kappa shape index (κ3) is 2.68. The van der Waals surface area contributed by atoms with Gasteiger partial charge in [0, 0.05) is 5.92 Å². The molecule has 0 amide bonds. The van der Waals surface area contributed by atoms with Crippen LogP contribution in [0.3, 0.4) is 0 Å². The van der Waals surface area contributed by atoms with E-state index in [0.717, 1.165) is 13.0 Å². The zero-order chi connectivity index (χ0) is 9.73. The van der Waals surface area contributed by atoms with Gasteiger partial charge in [0.15, 0.2) is 0 Å². The Balaban J connectivity index is 2.51. The fourth-order valence-corrected chi connectivity index (χ4v) is 2.44. The van der Waals surface area contributed by atoms with Crippen molar-refractivity contribution in [2.75, 3.05) is 6.54 Å². The predicted octanol–water partition coefficient (Wildman–Crippen LogP) is 2.27. The largest absolute Gasteiger partial charge is 0.376 e. The van der Waals surface area contributed by atoms with Crippen LogP contribution in [0.4, 0.5) is 0 Å². The zero-order valence-electron chi connectivity index (χ0n) is 8.97. The van der Waals surface area contributed by atoms with Gasteiger partial charge in [0.1, 0.15) is 5.72 Å². The second-order valence-electron chi connectivity index (χ2n) is 4.14. The molecule has 0 radical (unpaired) electrons. The van der Waals surface area contributed by atoms with Gasteiger partial charge in [-0.15, -0.1) is 0 Å². The van der Waals surface area contributed by atoms with Gasteiger partial charge in [0.05, 0.1) is 0 Å². The number of hydrogen-bond acceptors (Lipinski definition) is 2. The van der Waals surface area contributed by atoms with Crippen molar-refractivity contribution >= 4 is 0 Å². The molecule has 0 heterocycles. The van der Waals surface area contributed by atoms with E-state index in [1.165, 1.54) is 32.1 Å². The first-order valence-electron chi connectivity index (χ1n) is 5.70. The molecule has 2 N–H and O–H groups in total. The van der Waals surface area contributed by atoms with Gasteiger partial charge in [0.25, 0.3) is 0 Å². The molecule has 0 spiro atoms. The molecule has 78 valence electrons. The number of nitrogens with one attached hydrogen (secondary N) is 1. The van der Waals surface area contributed by atoms with E-state index in [2.05, 4.69) is 19.2 Å². The van der Waals surface area contributed by atoms with Gasteiger partial charge < -0.3 is 5.11 Å². The van der Waals surface area contributed by atoms with Gasteiger partial charge in [-0.3, -0.25) is 5.32 Å². The topological polar surface area (TPSA) is 32.3 Å². The minimum Gasteiger partial charge on any atom is -0.376 e. The highest BCUT2D eigenvalue weighted by atomic mass is 16.3. The van der Waals surface area contributed by atoms with E-state index in [4.69, 9.17) is 0 Å². The molecule has 0 aromatic heterocycles. The number of aliphatic hydroxyl groups is 1. The van der Waals surface area contributed by atoms with Crippen LogP contribution in [0.5, 0.6) is 0 Å². The molecule has 1 unspecified atom stereocenters. The van der Waals surface area contributed by atoms with Crippen LogP contribution in [-0.2, 0) is 0 Å². The predicted molar refractivity (Wildman–Crippen MR) is 55.5 cm³/mol. The summed E-state index contributed by atoms with van der Waals surface area (Å²) in [5.41, 5.74) is -0.588. The maximum Gasteiger partial charge on any atom is 0.118 e. The lowest BCUT2D eigenvalue weighted by Gasteiger charge is -2.38. The van der Waals surface area contributed by atoms with Crippen molar-refractivity contribution in [2.24, 2.45) is 5.92 Å². The first-order valence-corrected chi connectivity index (χ1v) is 5.70. The van der Waals surface area contributed by atoms with Crippen molar-refractivity contribution in [3.63, 3.8) is 0 Å². The van der Waals surface area contributed by atoms with Crippen molar-refractivity contribution in [1.82, 2.24) is 5.32 Å². The number of rotatable bonds is 4. The Morgan fingerprint density at radius 2 is 1.85 bits per heavy atom. The Bertz CT molecular complexity index is 143. The average molecular weight is 185 g/mol. The molecule has 1 aliphatic carbocycles. The van der Waals surface area contributed by atoms with E-state index in [0.29, 0.717) is 5.92 Å². The molecule has 1 saturated carbocycles. The van der Waals surface area contributed by atoms with Gasteiger partial charge >= 0.3 is 0 Å². The smallest absolute Gasteiger partial charge is 0.118 e. The maximum absolute atomic E-state index is 10.3. The Morgan fingerprint density at radius 1 is 1.23 bits per heavy atom. The van der Waals surface area contributed by atoms with E-state index in [1.807, 2.05) is 0 Å². The molecule has 0 saturated heterocycles. The van der Waals surface area contributed by atoms with E-state index >= 15 is 0 Å². The molecular weight excluding hydrogens is 162 g/mol. The van der Waals surface area contributed by atoms with E-state index in [9.17, 15) is 5.11 Å². The first-order chi connectivity index (χ1) is 6.23. The van der Waals surface area contributed by atoms with E-state index in [-0.39, 0.29) is 0 Å². The molecule has 0 bridgehead atoms. The average Bonchev–Trinajstić information content (AvgIpc) is 2.19. The monoisotopic (exact) mass is 185 g/mol. The molecule has 13 heavy (non-hydrogen) atoms. The summed E-state index contributed by atoms with van der Waals surface area (Å²) in [5, 5.41) is 13.6. The molecule has 0 aromatic carbocycles. The van der Waals surface area contributed by atoms with Gasteiger partial charge in [-0.05, 0) is 25.8 Å². The summed E-state index contributed by atoms with van der Waals surface area (Å²) in [7, 11) is 0. The minimum absolute atomic E-state index is 0.478. The highest BCUT2D eigenvalue weighted by Crippen LogP contribution is 2.32. The molecule has 2 nitrogen and oxygen atoms in total. The Morgan fingerprint density at radius 3 is 2.31 bits per heavy atom. The SMILES string of the molecule is CCNC(O)(CC)C1CCCCC1. The van der Waals surface area contributed by atoms with Crippen molar-refractivity contribution in [2.45, 2.75) is 58.1 Å². The van der Waals surface area contributed by atoms with Gasteiger partial charge in [-0.1, -0.05) is 33.1 Å². The van der Waals surface area contributed by atoms with Crippen molar-refractivity contribution < 1.29 is 5.11 Å². The molecule has 1 rings (SSSR count). The number of hydrogen-bond donors (Lipinski definition) is 2. The summed E-state index contributed by atoms with van der Waals surface area (Å²) in [6, 6.07) is 0. The maximum atomic E-state index is 10.3. The van der Waals surface area contributed by atoms with Crippen molar-refractivity contribution in [3.8, 4) is 0 Å². The summed E-state index contributed by atoms with van der Waals surface area (Å²) in [4.78, 5) is 0. The third-order valence-corrected chi connectivity index (χ3v) is 3.30. The quantitative estimate of drug-likeness (QED) is 0.659.